The molecule has 0 unspecified atom stereocenters. The minimum Gasteiger partial charge on any atom is -0.456 e. The van der Waals surface area contributed by atoms with Crippen LogP contribution >= 0.6 is 0 Å². The van der Waals surface area contributed by atoms with Crippen molar-refractivity contribution < 1.29 is 8.83 Å². The molecule has 230 valence electrons. The maximum Gasteiger partial charge on any atom is 0.159 e. The van der Waals surface area contributed by atoms with E-state index in [0.29, 0.717) is 0 Å². The molecule has 0 fully saturated rings. The average Bonchev–Trinajstić information content (AvgIpc) is 3.74. The van der Waals surface area contributed by atoms with E-state index in [0.717, 1.165) is 77.6 Å². The van der Waals surface area contributed by atoms with Crippen molar-refractivity contribution in [1.29, 1.82) is 0 Å². The second-order valence-corrected chi connectivity index (χ2v) is 12.6. The number of anilines is 3. The summed E-state index contributed by atoms with van der Waals surface area (Å²) >= 11 is 0. The summed E-state index contributed by atoms with van der Waals surface area (Å²) in [4.78, 5) is 2.31. The highest BCUT2D eigenvalue weighted by molar-refractivity contribution is 6.10. The van der Waals surface area contributed by atoms with E-state index in [1.54, 1.807) is 0 Å². The van der Waals surface area contributed by atoms with Crippen molar-refractivity contribution in [2.45, 2.75) is 0 Å². The van der Waals surface area contributed by atoms with Gasteiger partial charge in [0.2, 0.25) is 0 Å². The van der Waals surface area contributed by atoms with E-state index in [4.69, 9.17) is 8.83 Å². The van der Waals surface area contributed by atoms with Crippen molar-refractivity contribution in [3.05, 3.63) is 176 Å². The largest absolute Gasteiger partial charge is 0.456 e. The normalized spacial score (nSPS) is 11.7. The maximum absolute atomic E-state index is 6.58. The standard InChI is InChI=1S/C46H29NO2/c1-2-10-32-27-34(20-19-30(32)9-1)33-11-7-12-37(28-33)47(42-16-8-15-40-38-13-3-6-18-44(38)49-46(40)42)36-24-21-31(22-25-36)35-23-26-45-41(29-35)39-14-4-5-17-43(39)48-45/h1-29H. The highest BCUT2D eigenvalue weighted by atomic mass is 16.3. The van der Waals surface area contributed by atoms with E-state index in [-0.39, 0.29) is 0 Å². The Morgan fingerprint density at radius 1 is 0.327 bits per heavy atom. The molecule has 0 atom stereocenters. The fraction of sp³-hybridized carbons (Fsp3) is 0. The number of fused-ring (bicyclic) bond motifs is 7. The van der Waals surface area contributed by atoms with Crippen molar-refractivity contribution in [3.63, 3.8) is 0 Å². The fourth-order valence-corrected chi connectivity index (χ4v) is 7.24. The lowest BCUT2D eigenvalue weighted by molar-refractivity contribution is 0.668. The Bertz CT molecular complexity index is 2840. The molecule has 2 aromatic heterocycles. The summed E-state index contributed by atoms with van der Waals surface area (Å²) in [7, 11) is 0. The Morgan fingerprint density at radius 3 is 1.80 bits per heavy atom. The van der Waals surface area contributed by atoms with Gasteiger partial charge in [-0.3, -0.25) is 0 Å². The van der Waals surface area contributed by atoms with Crippen LogP contribution in [0.4, 0.5) is 17.1 Å². The van der Waals surface area contributed by atoms with Crippen LogP contribution in [0.15, 0.2) is 185 Å². The highest BCUT2D eigenvalue weighted by Gasteiger charge is 2.20. The molecule has 49 heavy (non-hydrogen) atoms. The summed E-state index contributed by atoms with van der Waals surface area (Å²) in [5.74, 6) is 0. The molecule has 0 bridgehead atoms. The minimum atomic E-state index is 0.862. The van der Waals surface area contributed by atoms with Crippen LogP contribution in [0.2, 0.25) is 0 Å². The van der Waals surface area contributed by atoms with Crippen LogP contribution < -0.4 is 4.90 Å². The quantitative estimate of drug-likeness (QED) is 0.190. The lowest BCUT2D eigenvalue weighted by Crippen LogP contribution is -2.10. The van der Waals surface area contributed by atoms with Gasteiger partial charge in [0.25, 0.3) is 0 Å². The minimum absolute atomic E-state index is 0.862. The number of para-hydroxylation sites is 3. The Morgan fingerprint density at radius 2 is 0.939 bits per heavy atom. The summed E-state index contributed by atoms with van der Waals surface area (Å²) in [6.45, 7) is 0. The van der Waals surface area contributed by atoms with Crippen molar-refractivity contribution in [2.24, 2.45) is 0 Å². The Hall–Kier alpha value is -6.58. The third kappa shape index (κ3) is 4.59. The number of furan rings is 2. The van der Waals surface area contributed by atoms with Crippen molar-refractivity contribution in [3.8, 4) is 22.3 Å². The van der Waals surface area contributed by atoms with E-state index < -0.39 is 0 Å². The Kier molecular flexibility index (Phi) is 6.18. The summed E-state index contributed by atoms with van der Waals surface area (Å²) in [5.41, 5.74) is 11.3. The van der Waals surface area contributed by atoms with E-state index in [1.807, 2.05) is 24.3 Å². The van der Waals surface area contributed by atoms with Crippen LogP contribution in [0.25, 0.3) is 76.9 Å². The van der Waals surface area contributed by atoms with Crippen LogP contribution in [0.3, 0.4) is 0 Å². The molecule has 3 nitrogen and oxygen atoms in total. The number of rotatable bonds is 5. The molecular weight excluding hydrogens is 599 g/mol. The van der Waals surface area contributed by atoms with Crippen molar-refractivity contribution in [2.75, 3.05) is 4.90 Å². The Labute approximate surface area is 282 Å². The van der Waals surface area contributed by atoms with Gasteiger partial charge < -0.3 is 13.7 Å². The maximum atomic E-state index is 6.58. The summed E-state index contributed by atoms with van der Waals surface area (Å²) < 4.78 is 12.7. The molecule has 0 N–H and O–H groups in total. The first-order chi connectivity index (χ1) is 24.3. The number of hydrogen-bond donors (Lipinski definition) is 0. The van der Waals surface area contributed by atoms with Gasteiger partial charge in [-0.2, -0.15) is 0 Å². The molecule has 10 aromatic rings. The molecule has 0 aliphatic heterocycles. The predicted molar refractivity (Wildman–Crippen MR) is 204 cm³/mol. The smallest absolute Gasteiger partial charge is 0.159 e. The topological polar surface area (TPSA) is 29.5 Å². The zero-order valence-electron chi connectivity index (χ0n) is 26.5. The summed E-state index contributed by atoms with van der Waals surface area (Å²) in [5, 5.41) is 6.93. The highest BCUT2D eigenvalue weighted by Crippen LogP contribution is 2.43. The van der Waals surface area contributed by atoms with Crippen LogP contribution in [-0.2, 0) is 0 Å². The molecule has 0 saturated carbocycles. The van der Waals surface area contributed by atoms with Crippen molar-refractivity contribution in [1.82, 2.24) is 0 Å². The molecule has 0 saturated heterocycles. The molecule has 0 aliphatic carbocycles. The van der Waals surface area contributed by atoms with E-state index in [2.05, 4.69) is 157 Å². The van der Waals surface area contributed by atoms with E-state index >= 15 is 0 Å². The van der Waals surface area contributed by atoms with Gasteiger partial charge in [-0.25, -0.2) is 0 Å². The lowest BCUT2D eigenvalue weighted by Gasteiger charge is -2.26. The molecule has 0 aliphatic rings. The third-order valence-electron chi connectivity index (χ3n) is 9.65. The van der Waals surface area contributed by atoms with Gasteiger partial charge in [0.05, 0.1) is 5.69 Å². The Balaban J connectivity index is 1.12. The molecule has 3 heteroatoms. The van der Waals surface area contributed by atoms with Gasteiger partial charge in [-0.05, 0) is 93.7 Å². The SMILES string of the molecule is c1cc(-c2ccc3ccccc3c2)cc(N(c2ccc(-c3ccc4oc5ccccc5c4c3)cc2)c2cccc3c2oc2ccccc23)c1. The van der Waals surface area contributed by atoms with Gasteiger partial charge in [0, 0.05) is 32.9 Å². The molecular formula is C46H29NO2. The van der Waals surface area contributed by atoms with Gasteiger partial charge in [0.1, 0.15) is 16.7 Å². The van der Waals surface area contributed by atoms with Gasteiger partial charge in [0.15, 0.2) is 5.58 Å². The number of benzene rings is 8. The second-order valence-electron chi connectivity index (χ2n) is 12.6. The third-order valence-corrected chi connectivity index (χ3v) is 9.65. The van der Waals surface area contributed by atoms with Crippen LogP contribution in [0, 0.1) is 0 Å². The monoisotopic (exact) mass is 627 g/mol. The number of hydrogen-bond acceptors (Lipinski definition) is 3. The summed E-state index contributed by atoms with van der Waals surface area (Å²) in [6, 6.07) is 62.1. The van der Waals surface area contributed by atoms with Crippen LogP contribution in [0.1, 0.15) is 0 Å². The molecule has 0 amide bonds. The second kappa shape index (κ2) is 11.0. The zero-order valence-corrected chi connectivity index (χ0v) is 26.5. The molecule has 0 radical (unpaired) electrons. The van der Waals surface area contributed by atoms with Gasteiger partial charge in [-0.15, -0.1) is 0 Å². The van der Waals surface area contributed by atoms with Crippen LogP contribution in [0.5, 0.6) is 0 Å². The van der Waals surface area contributed by atoms with Gasteiger partial charge in [-0.1, -0.05) is 115 Å². The van der Waals surface area contributed by atoms with Crippen molar-refractivity contribution >= 4 is 71.7 Å². The fourth-order valence-electron chi connectivity index (χ4n) is 7.24. The van der Waals surface area contributed by atoms with E-state index in [9.17, 15) is 0 Å². The summed E-state index contributed by atoms with van der Waals surface area (Å²) in [6.07, 6.45) is 0. The zero-order chi connectivity index (χ0) is 32.3. The molecule has 8 aromatic carbocycles. The number of nitrogens with zero attached hydrogens (tertiary/aromatic N) is 1. The molecule has 10 rings (SSSR count). The predicted octanol–water partition coefficient (Wildman–Crippen LogP) is 13.4. The first-order valence-corrected chi connectivity index (χ1v) is 16.6. The van der Waals surface area contributed by atoms with Crippen LogP contribution in [-0.4, -0.2) is 0 Å². The molecule has 2 heterocycles. The van der Waals surface area contributed by atoms with E-state index in [1.165, 1.54) is 16.3 Å². The molecule has 0 spiro atoms. The average molecular weight is 628 g/mol. The first-order valence-electron chi connectivity index (χ1n) is 16.6. The van der Waals surface area contributed by atoms with Gasteiger partial charge >= 0.3 is 0 Å². The first kappa shape index (κ1) is 27.5. The lowest BCUT2D eigenvalue weighted by atomic mass is 10.00.